The van der Waals surface area contributed by atoms with E-state index in [0.29, 0.717) is 11.6 Å². The van der Waals surface area contributed by atoms with Gasteiger partial charge in [-0.15, -0.1) is 0 Å². The van der Waals surface area contributed by atoms with Crippen molar-refractivity contribution in [3.05, 3.63) is 23.5 Å². The second-order valence-electron chi connectivity index (χ2n) is 3.28. The molecule has 0 aromatic carbocycles. The summed E-state index contributed by atoms with van der Waals surface area (Å²) >= 11 is 0. The zero-order valence-corrected chi connectivity index (χ0v) is 8.24. The van der Waals surface area contributed by atoms with E-state index in [1.165, 1.54) is 0 Å². The largest absolute Gasteiger partial charge is 0.478 e. The summed E-state index contributed by atoms with van der Waals surface area (Å²) in [6, 6.07) is 2.03. The second-order valence-corrected chi connectivity index (χ2v) is 3.28. The van der Waals surface area contributed by atoms with Gasteiger partial charge in [-0.05, 0) is 26.3 Å². The summed E-state index contributed by atoms with van der Waals surface area (Å²) in [5, 5.41) is 8.82. The Labute approximate surface area is 78.0 Å². The van der Waals surface area contributed by atoms with Crippen molar-refractivity contribution in [3.8, 4) is 0 Å². The van der Waals surface area contributed by atoms with E-state index in [9.17, 15) is 4.79 Å². The predicted molar refractivity (Wildman–Crippen MR) is 51.1 cm³/mol. The van der Waals surface area contributed by atoms with Gasteiger partial charge in [0.15, 0.2) is 0 Å². The summed E-state index contributed by atoms with van der Waals surface area (Å²) in [6.07, 6.45) is 2.85. The lowest BCUT2D eigenvalue weighted by atomic mass is 10.2. The minimum Gasteiger partial charge on any atom is -0.478 e. The maximum atomic E-state index is 10.7. The minimum atomic E-state index is -0.848. The Morgan fingerprint density at radius 3 is 2.69 bits per heavy atom. The number of aromatic carboxylic acids is 1. The van der Waals surface area contributed by atoms with Gasteiger partial charge in [0, 0.05) is 17.9 Å². The molecule has 1 rings (SSSR count). The van der Waals surface area contributed by atoms with E-state index in [2.05, 4.69) is 13.8 Å². The van der Waals surface area contributed by atoms with Gasteiger partial charge in [0.1, 0.15) is 0 Å². The number of carboxylic acid groups (broad SMARTS) is 1. The highest BCUT2D eigenvalue weighted by molar-refractivity contribution is 5.88. The second kappa shape index (κ2) is 3.64. The predicted octanol–water partition coefficient (Wildman–Crippen LogP) is 2.47. The van der Waals surface area contributed by atoms with Crippen molar-refractivity contribution in [2.24, 2.45) is 0 Å². The first kappa shape index (κ1) is 9.84. The fraction of sp³-hybridized carbons (Fsp3) is 0.500. The number of carboxylic acids is 1. The minimum absolute atomic E-state index is 0.369. The van der Waals surface area contributed by atoms with Crippen LogP contribution in [0, 0.1) is 6.92 Å². The molecule has 1 unspecified atom stereocenters. The molecule has 3 nitrogen and oxygen atoms in total. The van der Waals surface area contributed by atoms with Crippen LogP contribution >= 0.6 is 0 Å². The van der Waals surface area contributed by atoms with E-state index < -0.39 is 5.97 Å². The molecular formula is C10H15NO2. The molecule has 1 aromatic heterocycles. The van der Waals surface area contributed by atoms with Crippen LogP contribution in [-0.4, -0.2) is 15.6 Å². The normalized spacial score (nSPS) is 12.8. The fourth-order valence-electron chi connectivity index (χ4n) is 1.43. The Balaban J connectivity index is 3.06. The molecule has 0 spiro atoms. The van der Waals surface area contributed by atoms with Crippen LogP contribution in [-0.2, 0) is 0 Å². The summed E-state index contributed by atoms with van der Waals surface area (Å²) in [7, 11) is 0. The quantitative estimate of drug-likeness (QED) is 0.778. The number of hydrogen-bond donors (Lipinski definition) is 1. The van der Waals surface area contributed by atoms with Crippen LogP contribution in [0.25, 0.3) is 0 Å². The monoisotopic (exact) mass is 181 g/mol. The summed E-state index contributed by atoms with van der Waals surface area (Å²) in [6.45, 7) is 6.01. The molecule has 0 amide bonds. The third kappa shape index (κ3) is 1.74. The Morgan fingerprint density at radius 2 is 2.31 bits per heavy atom. The van der Waals surface area contributed by atoms with Crippen molar-refractivity contribution >= 4 is 5.97 Å². The van der Waals surface area contributed by atoms with Crippen molar-refractivity contribution in [3.63, 3.8) is 0 Å². The van der Waals surface area contributed by atoms with Crippen LogP contribution < -0.4 is 0 Å². The molecule has 0 aliphatic carbocycles. The van der Waals surface area contributed by atoms with Crippen LogP contribution in [0.15, 0.2) is 12.3 Å². The first-order valence-electron chi connectivity index (χ1n) is 4.48. The molecule has 13 heavy (non-hydrogen) atoms. The molecule has 1 heterocycles. The van der Waals surface area contributed by atoms with Gasteiger partial charge in [-0.2, -0.15) is 0 Å². The highest BCUT2D eigenvalue weighted by atomic mass is 16.4. The Hall–Kier alpha value is -1.25. The van der Waals surface area contributed by atoms with Gasteiger partial charge in [0.2, 0.25) is 0 Å². The number of aromatic nitrogens is 1. The Bertz CT molecular complexity index is 315. The highest BCUT2D eigenvalue weighted by Gasteiger charge is 2.13. The smallest absolute Gasteiger partial charge is 0.337 e. The number of rotatable bonds is 3. The summed E-state index contributed by atoms with van der Waals surface area (Å²) in [5.41, 5.74) is 1.24. The molecular weight excluding hydrogens is 166 g/mol. The number of carbonyl (C=O) groups is 1. The summed E-state index contributed by atoms with van der Waals surface area (Å²) in [5.74, 6) is -0.848. The maximum Gasteiger partial charge on any atom is 0.337 e. The van der Waals surface area contributed by atoms with Crippen molar-refractivity contribution in [2.45, 2.75) is 33.2 Å². The SMILES string of the molecule is CCC(C)n1ccc(C(=O)O)c1C. The number of nitrogens with zero attached hydrogens (tertiary/aromatic N) is 1. The molecule has 1 N–H and O–H groups in total. The van der Waals surface area contributed by atoms with Gasteiger partial charge in [-0.25, -0.2) is 4.79 Å². The summed E-state index contributed by atoms with van der Waals surface area (Å²) < 4.78 is 2.00. The Morgan fingerprint density at radius 1 is 1.69 bits per heavy atom. The topological polar surface area (TPSA) is 42.2 Å². The van der Waals surface area contributed by atoms with Crippen molar-refractivity contribution in [1.82, 2.24) is 4.57 Å². The zero-order chi connectivity index (χ0) is 10.0. The van der Waals surface area contributed by atoms with Gasteiger partial charge in [-0.1, -0.05) is 6.92 Å². The standard InChI is InChI=1S/C10H15NO2/c1-4-7(2)11-6-5-9(8(11)3)10(12)13/h5-7H,4H2,1-3H3,(H,12,13). The van der Waals surface area contributed by atoms with Crippen molar-refractivity contribution < 1.29 is 9.90 Å². The molecule has 0 fully saturated rings. The molecule has 1 aromatic rings. The lowest BCUT2D eigenvalue weighted by Crippen LogP contribution is -2.06. The average Bonchev–Trinajstić information content (AvgIpc) is 2.46. The van der Waals surface area contributed by atoms with E-state index in [0.717, 1.165) is 12.1 Å². The highest BCUT2D eigenvalue weighted by Crippen LogP contribution is 2.17. The first-order valence-corrected chi connectivity index (χ1v) is 4.48. The molecule has 1 atom stereocenters. The van der Waals surface area contributed by atoms with E-state index in [1.54, 1.807) is 6.07 Å². The molecule has 0 radical (unpaired) electrons. The van der Waals surface area contributed by atoms with Crippen LogP contribution in [0.2, 0.25) is 0 Å². The Kier molecular flexibility index (Phi) is 2.76. The van der Waals surface area contributed by atoms with Crippen LogP contribution in [0.5, 0.6) is 0 Å². The van der Waals surface area contributed by atoms with E-state index in [-0.39, 0.29) is 0 Å². The molecule has 0 aliphatic rings. The molecule has 72 valence electrons. The van der Waals surface area contributed by atoms with Crippen LogP contribution in [0.4, 0.5) is 0 Å². The van der Waals surface area contributed by atoms with E-state index >= 15 is 0 Å². The zero-order valence-electron chi connectivity index (χ0n) is 8.24. The van der Waals surface area contributed by atoms with Gasteiger partial charge in [-0.3, -0.25) is 0 Å². The molecule has 0 aliphatic heterocycles. The van der Waals surface area contributed by atoms with Crippen molar-refractivity contribution in [1.29, 1.82) is 0 Å². The molecule has 3 heteroatoms. The van der Waals surface area contributed by atoms with Gasteiger partial charge in [0.05, 0.1) is 5.56 Å². The van der Waals surface area contributed by atoms with Gasteiger partial charge >= 0.3 is 5.97 Å². The van der Waals surface area contributed by atoms with E-state index in [1.807, 2.05) is 17.7 Å². The lowest BCUT2D eigenvalue weighted by molar-refractivity contribution is 0.0696. The third-order valence-corrected chi connectivity index (χ3v) is 2.47. The van der Waals surface area contributed by atoms with Gasteiger partial charge < -0.3 is 9.67 Å². The van der Waals surface area contributed by atoms with Crippen LogP contribution in [0.3, 0.4) is 0 Å². The van der Waals surface area contributed by atoms with E-state index in [4.69, 9.17) is 5.11 Å². The summed E-state index contributed by atoms with van der Waals surface area (Å²) in [4.78, 5) is 10.7. The van der Waals surface area contributed by atoms with Crippen molar-refractivity contribution in [2.75, 3.05) is 0 Å². The van der Waals surface area contributed by atoms with Crippen LogP contribution in [0.1, 0.15) is 42.4 Å². The lowest BCUT2D eigenvalue weighted by Gasteiger charge is -2.13. The molecule has 0 saturated carbocycles. The number of hydrogen-bond acceptors (Lipinski definition) is 1. The molecule has 0 saturated heterocycles. The fourth-order valence-corrected chi connectivity index (χ4v) is 1.43. The maximum absolute atomic E-state index is 10.7. The third-order valence-electron chi connectivity index (χ3n) is 2.47. The van der Waals surface area contributed by atoms with Gasteiger partial charge in [0.25, 0.3) is 0 Å². The molecule has 0 bridgehead atoms. The first-order chi connectivity index (χ1) is 6.07. The average molecular weight is 181 g/mol.